The van der Waals surface area contributed by atoms with E-state index < -0.39 is 0 Å². The topological polar surface area (TPSA) is 29.1 Å². The van der Waals surface area contributed by atoms with Crippen molar-refractivity contribution in [2.75, 3.05) is 5.32 Å². The quantitative estimate of drug-likeness (QED) is 0.718. The molecule has 1 heterocycles. The Kier molecular flexibility index (Phi) is 5.63. The van der Waals surface area contributed by atoms with Crippen LogP contribution in [0, 0.1) is 11.7 Å². The Balaban J connectivity index is 2.28. The number of benzene rings is 1. The first-order valence-electron chi connectivity index (χ1n) is 7.83. The minimum absolute atomic E-state index is 0.0492. The lowest BCUT2D eigenvalue weighted by molar-refractivity contribution is -0.116. The van der Waals surface area contributed by atoms with E-state index in [1.807, 2.05) is 6.07 Å². The highest BCUT2D eigenvalue weighted by Gasteiger charge is 2.25. The van der Waals surface area contributed by atoms with Crippen LogP contribution in [0.15, 0.2) is 12.1 Å². The minimum atomic E-state index is -0.312. The second kappa shape index (κ2) is 7.26. The van der Waals surface area contributed by atoms with Gasteiger partial charge in [-0.1, -0.05) is 26.7 Å². The van der Waals surface area contributed by atoms with E-state index in [0.29, 0.717) is 30.0 Å². The normalized spacial score (nSPS) is 15.8. The Morgan fingerprint density at radius 1 is 1.24 bits per heavy atom. The number of carbonyl (C=O) groups excluding carboxylic acids is 1. The van der Waals surface area contributed by atoms with Gasteiger partial charge in [0.25, 0.3) is 0 Å². The molecule has 1 aromatic rings. The molecular formula is C17H23ClFNO. The summed E-state index contributed by atoms with van der Waals surface area (Å²) in [7, 11) is 0. The summed E-state index contributed by atoms with van der Waals surface area (Å²) in [6.07, 6.45) is 5.24. The number of aryl methyl sites for hydroxylation is 1. The van der Waals surface area contributed by atoms with Crippen LogP contribution < -0.4 is 5.32 Å². The number of anilines is 1. The van der Waals surface area contributed by atoms with E-state index in [1.165, 1.54) is 6.07 Å². The fourth-order valence-corrected chi connectivity index (χ4v) is 3.48. The van der Waals surface area contributed by atoms with Crippen molar-refractivity contribution in [2.24, 2.45) is 5.92 Å². The predicted molar refractivity (Wildman–Crippen MR) is 85.3 cm³/mol. The van der Waals surface area contributed by atoms with Gasteiger partial charge in [0, 0.05) is 17.7 Å². The Morgan fingerprint density at radius 3 is 2.52 bits per heavy atom. The lowest BCUT2D eigenvalue weighted by Crippen LogP contribution is -2.20. The zero-order valence-corrected chi connectivity index (χ0v) is 13.5. The summed E-state index contributed by atoms with van der Waals surface area (Å²) < 4.78 is 14.4. The second-order valence-electron chi connectivity index (χ2n) is 5.82. The predicted octanol–water partition coefficient (Wildman–Crippen LogP) is 5.21. The minimum Gasteiger partial charge on any atom is -0.326 e. The van der Waals surface area contributed by atoms with Crippen molar-refractivity contribution in [2.45, 2.75) is 57.7 Å². The summed E-state index contributed by atoms with van der Waals surface area (Å²) >= 11 is 6.58. The molecule has 1 atom stereocenters. The number of amides is 1. The first-order valence-corrected chi connectivity index (χ1v) is 8.26. The molecule has 4 heteroatoms. The van der Waals surface area contributed by atoms with E-state index in [1.54, 1.807) is 0 Å². The van der Waals surface area contributed by atoms with Crippen LogP contribution in [0.1, 0.15) is 62.5 Å². The van der Waals surface area contributed by atoms with E-state index >= 15 is 0 Å². The molecule has 0 fully saturated rings. The van der Waals surface area contributed by atoms with Gasteiger partial charge in [-0.25, -0.2) is 4.39 Å². The number of halogens is 2. The molecule has 1 unspecified atom stereocenters. The molecule has 21 heavy (non-hydrogen) atoms. The van der Waals surface area contributed by atoms with Crippen molar-refractivity contribution < 1.29 is 9.18 Å². The van der Waals surface area contributed by atoms with Gasteiger partial charge in [0.1, 0.15) is 5.82 Å². The highest BCUT2D eigenvalue weighted by Crippen LogP contribution is 2.38. The van der Waals surface area contributed by atoms with Gasteiger partial charge in [-0.05, 0) is 42.9 Å². The maximum Gasteiger partial charge on any atom is 0.224 e. The first kappa shape index (κ1) is 16.3. The number of hydrogen-bond acceptors (Lipinski definition) is 1. The molecule has 0 aliphatic carbocycles. The van der Waals surface area contributed by atoms with Gasteiger partial charge in [-0.2, -0.15) is 0 Å². The Hall–Kier alpha value is -1.09. The van der Waals surface area contributed by atoms with E-state index in [2.05, 4.69) is 19.2 Å². The van der Waals surface area contributed by atoms with Gasteiger partial charge in [0.05, 0.1) is 5.38 Å². The second-order valence-corrected chi connectivity index (χ2v) is 6.29. The highest BCUT2D eigenvalue weighted by molar-refractivity contribution is 6.21. The summed E-state index contributed by atoms with van der Waals surface area (Å²) in [6, 6.07) is 3.27. The molecule has 1 aliphatic heterocycles. The third-order valence-electron chi connectivity index (χ3n) is 4.15. The van der Waals surface area contributed by atoms with Crippen molar-refractivity contribution in [3.05, 3.63) is 29.1 Å². The molecule has 1 amide bonds. The van der Waals surface area contributed by atoms with Crippen LogP contribution in [0.25, 0.3) is 0 Å². The maximum absolute atomic E-state index is 14.4. The summed E-state index contributed by atoms with van der Waals surface area (Å²) in [6.45, 7) is 4.26. The Labute approximate surface area is 131 Å². The molecule has 1 aromatic carbocycles. The third-order valence-corrected chi connectivity index (χ3v) is 4.74. The fourth-order valence-electron chi connectivity index (χ4n) is 3.07. The van der Waals surface area contributed by atoms with Crippen molar-refractivity contribution >= 4 is 23.2 Å². The summed E-state index contributed by atoms with van der Waals surface area (Å²) in [5.74, 6) is -0.0625. The lowest BCUT2D eigenvalue weighted by Gasteiger charge is -2.24. The smallest absolute Gasteiger partial charge is 0.224 e. The van der Waals surface area contributed by atoms with Gasteiger partial charge < -0.3 is 5.32 Å². The molecule has 2 nitrogen and oxygen atoms in total. The van der Waals surface area contributed by atoms with Crippen LogP contribution in [-0.4, -0.2) is 5.91 Å². The van der Waals surface area contributed by atoms with Gasteiger partial charge in [0.2, 0.25) is 5.91 Å². The molecule has 0 saturated heterocycles. The SMILES string of the molecule is CCCC(CCC)C(Cl)c1cc2c(cc1F)NC(=O)CC2. The summed E-state index contributed by atoms with van der Waals surface area (Å²) in [5, 5.41) is 2.43. The molecule has 0 aromatic heterocycles. The van der Waals surface area contributed by atoms with Gasteiger partial charge in [-0.3, -0.25) is 4.79 Å². The Morgan fingerprint density at radius 2 is 1.90 bits per heavy atom. The van der Waals surface area contributed by atoms with Gasteiger partial charge in [0.15, 0.2) is 0 Å². The molecule has 0 bridgehead atoms. The first-order chi connectivity index (χ1) is 10.1. The summed E-state index contributed by atoms with van der Waals surface area (Å²) in [4.78, 5) is 11.4. The Bertz CT molecular complexity index is 512. The van der Waals surface area contributed by atoms with Crippen LogP contribution in [0.5, 0.6) is 0 Å². The van der Waals surface area contributed by atoms with Crippen LogP contribution in [0.2, 0.25) is 0 Å². The number of fused-ring (bicyclic) bond motifs is 1. The maximum atomic E-state index is 14.4. The monoisotopic (exact) mass is 311 g/mol. The van der Waals surface area contributed by atoms with Crippen molar-refractivity contribution in [3.8, 4) is 0 Å². The van der Waals surface area contributed by atoms with Crippen LogP contribution >= 0.6 is 11.6 Å². The number of rotatable bonds is 6. The molecule has 2 rings (SSSR count). The molecule has 1 aliphatic rings. The molecule has 0 radical (unpaired) electrons. The van der Waals surface area contributed by atoms with Crippen molar-refractivity contribution in [1.29, 1.82) is 0 Å². The molecular weight excluding hydrogens is 289 g/mol. The number of carbonyl (C=O) groups is 1. The number of alkyl halides is 1. The standard InChI is InChI=1S/C17H23ClFNO/c1-3-5-11(6-4-2)17(18)13-9-12-7-8-16(21)20-15(12)10-14(13)19/h9-11,17H,3-8H2,1-2H3,(H,20,21). The lowest BCUT2D eigenvalue weighted by atomic mass is 9.88. The third kappa shape index (κ3) is 3.76. The number of nitrogens with one attached hydrogen (secondary N) is 1. The number of hydrogen-bond donors (Lipinski definition) is 1. The van der Waals surface area contributed by atoms with Crippen LogP contribution in [0.3, 0.4) is 0 Å². The largest absolute Gasteiger partial charge is 0.326 e. The molecule has 0 saturated carbocycles. The van der Waals surface area contributed by atoms with Crippen molar-refractivity contribution in [3.63, 3.8) is 0 Å². The van der Waals surface area contributed by atoms with Gasteiger partial charge >= 0.3 is 0 Å². The zero-order chi connectivity index (χ0) is 15.4. The molecule has 1 N–H and O–H groups in total. The van der Waals surface area contributed by atoms with E-state index in [4.69, 9.17) is 11.6 Å². The highest BCUT2D eigenvalue weighted by atomic mass is 35.5. The molecule has 0 spiro atoms. The van der Waals surface area contributed by atoms with Crippen LogP contribution in [-0.2, 0) is 11.2 Å². The van der Waals surface area contributed by atoms with E-state index in [9.17, 15) is 9.18 Å². The van der Waals surface area contributed by atoms with Gasteiger partial charge in [-0.15, -0.1) is 11.6 Å². The summed E-state index contributed by atoms with van der Waals surface area (Å²) in [5.41, 5.74) is 2.17. The average Bonchev–Trinajstić information content (AvgIpc) is 2.45. The van der Waals surface area contributed by atoms with E-state index in [-0.39, 0.29) is 17.1 Å². The molecule has 116 valence electrons. The van der Waals surface area contributed by atoms with Crippen molar-refractivity contribution in [1.82, 2.24) is 0 Å². The van der Waals surface area contributed by atoms with Crippen LogP contribution in [0.4, 0.5) is 10.1 Å². The van der Waals surface area contributed by atoms with E-state index in [0.717, 1.165) is 31.2 Å². The zero-order valence-electron chi connectivity index (χ0n) is 12.7. The fraction of sp³-hybridized carbons (Fsp3) is 0.588. The average molecular weight is 312 g/mol.